The lowest BCUT2D eigenvalue weighted by atomic mass is 10.1. The number of nitrogens with one attached hydrogen (secondary N) is 1. The molecule has 5 nitrogen and oxygen atoms in total. The first-order valence-electron chi connectivity index (χ1n) is 4.21. The van der Waals surface area contributed by atoms with E-state index in [0.29, 0.717) is 12.2 Å². The van der Waals surface area contributed by atoms with Crippen LogP contribution in [0, 0.1) is 0 Å². The largest absolute Gasteiger partial charge is 0.335 e. The number of aromatic nitrogens is 2. The van der Waals surface area contributed by atoms with Crippen LogP contribution >= 0.6 is 0 Å². The normalized spacial score (nSPS) is 10.1. The van der Waals surface area contributed by atoms with Crippen LogP contribution in [-0.4, -0.2) is 10.1 Å². The summed E-state index contributed by atoms with van der Waals surface area (Å²) >= 11 is 0. The van der Waals surface area contributed by atoms with Gasteiger partial charge in [-0.1, -0.05) is 35.5 Å². The van der Waals surface area contributed by atoms with E-state index >= 15 is 0 Å². The maximum absolute atomic E-state index is 5.11. The van der Waals surface area contributed by atoms with E-state index in [-0.39, 0.29) is 6.01 Å². The Hall–Kier alpha value is -1.88. The molecule has 1 aromatic heterocycles. The van der Waals surface area contributed by atoms with E-state index in [0.717, 1.165) is 5.56 Å². The van der Waals surface area contributed by atoms with Crippen LogP contribution in [0.4, 0.5) is 6.01 Å². The number of hydrogen-bond acceptors (Lipinski definition) is 5. The number of nitrogen functional groups attached to an aromatic ring is 1. The topological polar surface area (TPSA) is 77.0 Å². The van der Waals surface area contributed by atoms with Gasteiger partial charge in [-0.2, -0.15) is 4.98 Å². The van der Waals surface area contributed by atoms with E-state index in [1.165, 1.54) is 0 Å². The van der Waals surface area contributed by atoms with E-state index in [1.807, 2.05) is 30.3 Å². The fraction of sp³-hybridized carbons (Fsp3) is 0.111. The summed E-state index contributed by atoms with van der Waals surface area (Å²) in [4.78, 5) is 4.01. The Morgan fingerprint density at radius 3 is 2.71 bits per heavy atom. The monoisotopic (exact) mass is 190 g/mol. The summed E-state index contributed by atoms with van der Waals surface area (Å²) in [5, 5.41) is 3.75. The van der Waals surface area contributed by atoms with Crippen LogP contribution in [0.1, 0.15) is 11.4 Å². The molecule has 72 valence electrons. The highest BCUT2D eigenvalue weighted by atomic mass is 16.5. The zero-order valence-corrected chi connectivity index (χ0v) is 7.47. The molecule has 0 aliphatic heterocycles. The summed E-state index contributed by atoms with van der Waals surface area (Å²) in [6.07, 6.45) is 0.645. The molecule has 0 saturated heterocycles. The van der Waals surface area contributed by atoms with Crippen LogP contribution in [0.3, 0.4) is 0 Å². The second-order valence-corrected chi connectivity index (χ2v) is 2.82. The van der Waals surface area contributed by atoms with Crippen molar-refractivity contribution < 1.29 is 4.52 Å². The molecular weight excluding hydrogens is 180 g/mol. The molecule has 14 heavy (non-hydrogen) atoms. The van der Waals surface area contributed by atoms with Gasteiger partial charge in [0, 0.05) is 6.42 Å². The summed E-state index contributed by atoms with van der Waals surface area (Å²) in [6, 6.07) is 10.1. The summed E-state index contributed by atoms with van der Waals surface area (Å²) < 4.78 is 4.79. The number of anilines is 1. The van der Waals surface area contributed by atoms with E-state index in [9.17, 15) is 0 Å². The molecule has 1 heterocycles. The fourth-order valence-corrected chi connectivity index (χ4v) is 1.16. The Kier molecular flexibility index (Phi) is 2.42. The Bertz CT molecular complexity index is 398. The minimum Gasteiger partial charge on any atom is -0.314 e. The van der Waals surface area contributed by atoms with Gasteiger partial charge in [-0.15, -0.1) is 0 Å². The van der Waals surface area contributed by atoms with E-state index in [2.05, 4.69) is 15.6 Å². The van der Waals surface area contributed by atoms with Gasteiger partial charge in [0.1, 0.15) is 0 Å². The minimum atomic E-state index is 0.232. The minimum absolute atomic E-state index is 0.232. The predicted molar refractivity (Wildman–Crippen MR) is 51.4 cm³/mol. The van der Waals surface area contributed by atoms with Crippen molar-refractivity contribution in [2.75, 3.05) is 5.43 Å². The van der Waals surface area contributed by atoms with E-state index in [4.69, 9.17) is 10.4 Å². The fourth-order valence-electron chi connectivity index (χ4n) is 1.16. The number of rotatable bonds is 3. The van der Waals surface area contributed by atoms with Gasteiger partial charge in [0.15, 0.2) is 5.82 Å². The lowest BCUT2D eigenvalue weighted by molar-refractivity contribution is 0.424. The van der Waals surface area contributed by atoms with E-state index in [1.54, 1.807) is 0 Å². The third kappa shape index (κ3) is 1.89. The van der Waals surface area contributed by atoms with Crippen molar-refractivity contribution in [2.24, 2.45) is 5.84 Å². The van der Waals surface area contributed by atoms with Crippen molar-refractivity contribution in [3.8, 4) is 0 Å². The van der Waals surface area contributed by atoms with Crippen molar-refractivity contribution >= 4 is 6.01 Å². The summed E-state index contributed by atoms with van der Waals surface area (Å²) in [7, 11) is 0. The first-order valence-corrected chi connectivity index (χ1v) is 4.21. The number of nitrogens with zero attached hydrogens (tertiary/aromatic N) is 2. The van der Waals surface area contributed by atoms with E-state index < -0.39 is 0 Å². The molecular formula is C9H10N4O. The van der Waals surface area contributed by atoms with Gasteiger partial charge in [0.2, 0.25) is 0 Å². The van der Waals surface area contributed by atoms with Gasteiger partial charge in [-0.25, -0.2) is 5.84 Å². The zero-order valence-electron chi connectivity index (χ0n) is 7.47. The SMILES string of the molecule is NNc1nc(Cc2ccccc2)no1. The highest BCUT2D eigenvalue weighted by Crippen LogP contribution is 2.07. The predicted octanol–water partition coefficient (Wildman–Crippen LogP) is 0.946. The molecule has 0 amide bonds. The summed E-state index contributed by atoms with van der Waals surface area (Å²) in [5.74, 6) is 5.73. The highest BCUT2D eigenvalue weighted by Gasteiger charge is 2.04. The second-order valence-electron chi connectivity index (χ2n) is 2.82. The average Bonchev–Trinajstić information content (AvgIpc) is 2.67. The Morgan fingerprint density at radius 2 is 2.07 bits per heavy atom. The van der Waals surface area contributed by atoms with Crippen molar-refractivity contribution in [1.82, 2.24) is 10.1 Å². The van der Waals surface area contributed by atoms with Crippen molar-refractivity contribution in [3.63, 3.8) is 0 Å². The second kappa shape index (κ2) is 3.89. The molecule has 0 unspecified atom stereocenters. The van der Waals surface area contributed by atoms with Crippen LogP contribution in [0.15, 0.2) is 34.9 Å². The van der Waals surface area contributed by atoms with Crippen LogP contribution in [0.2, 0.25) is 0 Å². The van der Waals surface area contributed by atoms with Gasteiger partial charge in [-0.3, -0.25) is 5.43 Å². The Balaban J connectivity index is 2.11. The van der Waals surface area contributed by atoms with Crippen molar-refractivity contribution in [2.45, 2.75) is 6.42 Å². The molecule has 0 bridgehead atoms. The molecule has 0 saturated carbocycles. The van der Waals surface area contributed by atoms with Gasteiger partial charge in [0.25, 0.3) is 0 Å². The lowest BCUT2D eigenvalue weighted by Crippen LogP contribution is -2.06. The third-order valence-electron chi connectivity index (χ3n) is 1.80. The van der Waals surface area contributed by atoms with Gasteiger partial charge in [0.05, 0.1) is 0 Å². The molecule has 0 atom stereocenters. The van der Waals surface area contributed by atoms with Crippen molar-refractivity contribution in [3.05, 3.63) is 41.7 Å². The molecule has 0 aliphatic rings. The molecule has 3 N–H and O–H groups in total. The molecule has 0 fully saturated rings. The lowest BCUT2D eigenvalue weighted by Gasteiger charge is -1.93. The number of nitrogens with two attached hydrogens (primary N) is 1. The molecule has 2 aromatic rings. The third-order valence-corrected chi connectivity index (χ3v) is 1.80. The number of hydrogen-bond donors (Lipinski definition) is 2. The Labute approximate surface area is 80.9 Å². The van der Waals surface area contributed by atoms with Crippen LogP contribution in [0.5, 0.6) is 0 Å². The average molecular weight is 190 g/mol. The smallest absolute Gasteiger partial charge is 0.314 e. The molecule has 0 radical (unpaired) electrons. The van der Waals surface area contributed by atoms with Crippen molar-refractivity contribution in [1.29, 1.82) is 0 Å². The van der Waals surface area contributed by atoms with Gasteiger partial charge in [-0.05, 0) is 5.56 Å². The van der Waals surface area contributed by atoms with Gasteiger partial charge >= 0.3 is 6.01 Å². The quantitative estimate of drug-likeness (QED) is 0.556. The summed E-state index contributed by atoms with van der Waals surface area (Å²) in [5.41, 5.74) is 3.43. The molecule has 1 aromatic carbocycles. The maximum Gasteiger partial charge on any atom is 0.335 e. The van der Waals surface area contributed by atoms with Crippen LogP contribution < -0.4 is 11.3 Å². The van der Waals surface area contributed by atoms with Crippen LogP contribution in [-0.2, 0) is 6.42 Å². The summed E-state index contributed by atoms with van der Waals surface area (Å²) in [6.45, 7) is 0. The molecule has 5 heteroatoms. The van der Waals surface area contributed by atoms with Crippen LogP contribution in [0.25, 0.3) is 0 Å². The first-order chi connectivity index (χ1) is 6.88. The standard InChI is InChI=1S/C9H10N4O/c10-12-9-11-8(13-14-9)6-7-4-2-1-3-5-7/h1-5H,6,10H2,(H,11,12,13). The zero-order chi connectivity index (χ0) is 9.80. The Morgan fingerprint density at radius 1 is 1.29 bits per heavy atom. The first kappa shape index (κ1) is 8.71. The molecule has 0 aliphatic carbocycles. The molecule has 2 rings (SSSR count). The molecule has 0 spiro atoms. The highest BCUT2D eigenvalue weighted by molar-refractivity contribution is 5.21. The number of hydrazine groups is 1. The maximum atomic E-state index is 5.11. The number of benzene rings is 1. The van der Waals surface area contributed by atoms with Gasteiger partial charge < -0.3 is 4.52 Å².